The lowest BCUT2D eigenvalue weighted by Gasteiger charge is -2.11. The van der Waals surface area contributed by atoms with E-state index in [0.29, 0.717) is 5.56 Å². The van der Waals surface area contributed by atoms with Gasteiger partial charge in [0, 0.05) is 5.56 Å². The number of carbonyl (C=O) groups is 1. The average Bonchev–Trinajstić information content (AvgIpc) is 2.39. The Bertz CT molecular complexity index is 568. The van der Waals surface area contributed by atoms with E-state index in [1.165, 1.54) is 0 Å². The molecule has 0 aromatic heterocycles. The second kappa shape index (κ2) is 5.70. The second-order valence-electron chi connectivity index (χ2n) is 4.88. The summed E-state index contributed by atoms with van der Waals surface area (Å²) in [6.45, 7) is 6.04. The van der Waals surface area contributed by atoms with Gasteiger partial charge in [-0.05, 0) is 55.7 Å². The minimum Gasteiger partial charge on any atom is -0.491 e. The molecule has 19 heavy (non-hydrogen) atoms. The predicted molar refractivity (Wildman–Crippen MR) is 77.8 cm³/mol. The quantitative estimate of drug-likeness (QED) is 0.762. The van der Waals surface area contributed by atoms with Crippen LogP contribution in [0.3, 0.4) is 0 Å². The molecule has 2 aromatic carbocycles. The van der Waals surface area contributed by atoms with Gasteiger partial charge in [-0.3, -0.25) is 4.79 Å². The minimum absolute atomic E-state index is 0.180. The van der Waals surface area contributed by atoms with Gasteiger partial charge in [0.25, 0.3) is 0 Å². The molecule has 0 spiro atoms. The molecule has 0 fully saturated rings. The molecule has 2 aromatic rings. The minimum atomic E-state index is 0.180. The first kappa shape index (κ1) is 13.3. The lowest BCUT2D eigenvalue weighted by Crippen LogP contribution is -2.05. The van der Waals surface area contributed by atoms with Crippen molar-refractivity contribution in [3.8, 4) is 16.9 Å². The summed E-state index contributed by atoms with van der Waals surface area (Å²) in [6.07, 6.45) is 1.05. The van der Waals surface area contributed by atoms with E-state index in [1.54, 1.807) is 0 Å². The van der Waals surface area contributed by atoms with Crippen LogP contribution in [0.5, 0.6) is 5.75 Å². The Morgan fingerprint density at radius 2 is 1.74 bits per heavy atom. The standard InChI is InChI=1S/C17H18O2/c1-12(2)19-16-7-5-15(6-8-16)17-9-4-14(11-18)10-13(17)3/h4-12H,1-3H3. The van der Waals surface area contributed by atoms with Crippen LogP contribution in [0.15, 0.2) is 42.5 Å². The van der Waals surface area contributed by atoms with Gasteiger partial charge in [-0.15, -0.1) is 0 Å². The maximum Gasteiger partial charge on any atom is 0.150 e. The van der Waals surface area contributed by atoms with Gasteiger partial charge in [-0.2, -0.15) is 0 Å². The van der Waals surface area contributed by atoms with Crippen molar-refractivity contribution in [2.24, 2.45) is 0 Å². The summed E-state index contributed by atoms with van der Waals surface area (Å²) >= 11 is 0. The fourth-order valence-corrected chi connectivity index (χ4v) is 2.07. The molecule has 0 N–H and O–H groups in total. The smallest absolute Gasteiger partial charge is 0.150 e. The normalized spacial score (nSPS) is 10.5. The zero-order valence-electron chi connectivity index (χ0n) is 11.5. The van der Waals surface area contributed by atoms with Crippen LogP contribution in [0.2, 0.25) is 0 Å². The summed E-state index contributed by atoms with van der Waals surface area (Å²) in [5.74, 6) is 0.876. The Morgan fingerprint density at radius 1 is 1.05 bits per heavy atom. The third-order valence-electron chi connectivity index (χ3n) is 2.92. The fourth-order valence-electron chi connectivity index (χ4n) is 2.07. The number of hydrogen-bond acceptors (Lipinski definition) is 2. The molecule has 0 saturated heterocycles. The highest BCUT2D eigenvalue weighted by Gasteiger charge is 2.04. The van der Waals surface area contributed by atoms with E-state index < -0.39 is 0 Å². The van der Waals surface area contributed by atoms with Gasteiger partial charge in [0.05, 0.1) is 6.10 Å². The van der Waals surface area contributed by atoms with Crippen LogP contribution in [0, 0.1) is 6.92 Å². The van der Waals surface area contributed by atoms with Crippen LogP contribution < -0.4 is 4.74 Å². The molecule has 0 aliphatic rings. The number of carbonyl (C=O) groups excluding carboxylic acids is 1. The number of aryl methyl sites for hydroxylation is 1. The number of aldehydes is 1. The van der Waals surface area contributed by atoms with E-state index in [4.69, 9.17) is 4.74 Å². The Balaban J connectivity index is 2.29. The summed E-state index contributed by atoms with van der Waals surface area (Å²) < 4.78 is 5.63. The maximum absolute atomic E-state index is 10.7. The van der Waals surface area contributed by atoms with Gasteiger partial charge in [-0.25, -0.2) is 0 Å². The molecule has 0 unspecified atom stereocenters. The molecule has 2 nitrogen and oxygen atoms in total. The van der Waals surface area contributed by atoms with Crippen LogP contribution in [-0.2, 0) is 0 Å². The summed E-state index contributed by atoms with van der Waals surface area (Å²) in [5.41, 5.74) is 4.08. The first-order chi connectivity index (χ1) is 9.10. The highest BCUT2D eigenvalue weighted by atomic mass is 16.5. The summed E-state index contributed by atoms with van der Waals surface area (Å²) in [5, 5.41) is 0. The molecule has 0 atom stereocenters. The Hall–Kier alpha value is -2.09. The Labute approximate surface area is 114 Å². The van der Waals surface area contributed by atoms with E-state index in [9.17, 15) is 4.79 Å². The van der Waals surface area contributed by atoms with Crippen molar-refractivity contribution in [1.29, 1.82) is 0 Å². The average molecular weight is 254 g/mol. The summed E-state index contributed by atoms with van der Waals surface area (Å²) in [4.78, 5) is 10.7. The SMILES string of the molecule is Cc1cc(C=O)ccc1-c1ccc(OC(C)C)cc1. The molecule has 2 heteroatoms. The molecule has 0 bridgehead atoms. The first-order valence-corrected chi connectivity index (χ1v) is 6.43. The predicted octanol–water partition coefficient (Wildman–Crippen LogP) is 4.26. The van der Waals surface area contributed by atoms with Gasteiger partial charge in [0.1, 0.15) is 12.0 Å². The molecular weight excluding hydrogens is 236 g/mol. The molecule has 0 saturated carbocycles. The molecule has 0 amide bonds. The topological polar surface area (TPSA) is 26.3 Å². The molecule has 0 radical (unpaired) electrons. The highest BCUT2D eigenvalue weighted by Crippen LogP contribution is 2.26. The molecule has 0 aliphatic carbocycles. The number of benzene rings is 2. The third-order valence-corrected chi connectivity index (χ3v) is 2.92. The van der Waals surface area contributed by atoms with Crippen molar-refractivity contribution < 1.29 is 9.53 Å². The van der Waals surface area contributed by atoms with Gasteiger partial charge < -0.3 is 4.74 Å². The van der Waals surface area contributed by atoms with Crippen molar-refractivity contribution in [3.05, 3.63) is 53.6 Å². The second-order valence-corrected chi connectivity index (χ2v) is 4.88. The van der Waals surface area contributed by atoms with Gasteiger partial charge in [-0.1, -0.05) is 24.3 Å². The summed E-state index contributed by atoms with van der Waals surface area (Å²) in [7, 11) is 0. The van der Waals surface area contributed by atoms with E-state index >= 15 is 0 Å². The van der Waals surface area contributed by atoms with Crippen molar-refractivity contribution >= 4 is 6.29 Å². The van der Waals surface area contributed by atoms with E-state index in [1.807, 2.05) is 63.2 Å². The maximum atomic E-state index is 10.7. The van der Waals surface area contributed by atoms with Crippen molar-refractivity contribution in [2.75, 3.05) is 0 Å². The lowest BCUT2D eigenvalue weighted by atomic mass is 9.99. The fraction of sp³-hybridized carbons (Fsp3) is 0.235. The van der Waals surface area contributed by atoms with E-state index in [-0.39, 0.29) is 6.10 Å². The number of ether oxygens (including phenoxy) is 1. The van der Waals surface area contributed by atoms with Crippen molar-refractivity contribution in [1.82, 2.24) is 0 Å². The van der Waals surface area contributed by atoms with Crippen LogP contribution in [0.25, 0.3) is 11.1 Å². The third kappa shape index (κ3) is 3.22. The molecule has 0 aliphatic heterocycles. The van der Waals surface area contributed by atoms with Crippen molar-refractivity contribution in [2.45, 2.75) is 26.9 Å². The lowest BCUT2D eigenvalue weighted by molar-refractivity contribution is 0.112. The molecule has 0 heterocycles. The molecule has 2 rings (SSSR count). The van der Waals surface area contributed by atoms with Crippen molar-refractivity contribution in [3.63, 3.8) is 0 Å². The Kier molecular flexibility index (Phi) is 4.00. The van der Waals surface area contributed by atoms with Gasteiger partial charge >= 0.3 is 0 Å². The number of hydrogen-bond donors (Lipinski definition) is 0. The highest BCUT2D eigenvalue weighted by molar-refractivity contribution is 5.78. The molecule has 98 valence electrons. The monoisotopic (exact) mass is 254 g/mol. The number of rotatable bonds is 4. The van der Waals surface area contributed by atoms with Gasteiger partial charge in [0.15, 0.2) is 0 Å². The largest absolute Gasteiger partial charge is 0.491 e. The van der Waals surface area contributed by atoms with Gasteiger partial charge in [0.2, 0.25) is 0 Å². The van der Waals surface area contributed by atoms with Crippen LogP contribution in [0.4, 0.5) is 0 Å². The summed E-state index contributed by atoms with van der Waals surface area (Å²) in [6, 6.07) is 13.8. The first-order valence-electron chi connectivity index (χ1n) is 6.43. The van der Waals surface area contributed by atoms with Crippen LogP contribution >= 0.6 is 0 Å². The zero-order chi connectivity index (χ0) is 13.8. The zero-order valence-corrected chi connectivity index (χ0v) is 11.5. The Morgan fingerprint density at radius 3 is 2.26 bits per heavy atom. The van der Waals surface area contributed by atoms with E-state index in [0.717, 1.165) is 28.7 Å². The van der Waals surface area contributed by atoms with Crippen LogP contribution in [0.1, 0.15) is 29.8 Å². The van der Waals surface area contributed by atoms with E-state index in [2.05, 4.69) is 0 Å². The van der Waals surface area contributed by atoms with Crippen LogP contribution in [-0.4, -0.2) is 12.4 Å². The molecular formula is C17H18O2.